The van der Waals surface area contributed by atoms with E-state index in [0.717, 1.165) is 10.6 Å². The van der Waals surface area contributed by atoms with E-state index in [1.807, 2.05) is 24.3 Å². The van der Waals surface area contributed by atoms with Crippen LogP contribution in [0.15, 0.2) is 52.4 Å². The van der Waals surface area contributed by atoms with Gasteiger partial charge in [0.25, 0.3) is 0 Å². The molecular weight excluding hydrogens is 250 g/mol. The van der Waals surface area contributed by atoms with E-state index in [0.29, 0.717) is 4.90 Å². The fraction of sp³-hybridized carbons (Fsp3) is 0.0769. The summed E-state index contributed by atoms with van der Waals surface area (Å²) < 4.78 is 5.07. The topological polar surface area (TPSA) is 59.4 Å². The molecular formula is C13H11NO3S. The lowest BCUT2D eigenvalue weighted by Crippen LogP contribution is -2.01. The van der Waals surface area contributed by atoms with Crippen molar-refractivity contribution in [2.45, 2.75) is 9.79 Å². The van der Waals surface area contributed by atoms with E-state index in [1.54, 1.807) is 19.2 Å². The van der Waals surface area contributed by atoms with Crippen LogP contribution in [0.25, 0.3) is 0 Å². The molecule has 2 rings (SSSR count). The predicted molar refractivity (Wildman–Crippen MR) is 68.3 cm³/mol. The van der Waals surface area contributed by atoms with Crippen molar-refractivity contribution < 1.29 is 14.6 Å². The number of rotatable bonds is 4. The average molecular weight is 261 g/mol. The smallest absolute Gasteiger partial charge is 0.355 e. The summed E-state index contributed by atoms with van der Waals surface area (Å²) in [6.07, 6.45) is 1.47. The monoisotopic (exact) mass is 261 g/mol. The van der Waals surface area contributed by atoms with Crippen molar-refractivity contribution in [2.24, 2.45) is 0 Å². The summed E-state index contributed by atoms with van der Waals surface area (Å²) in [4.78, 5) is 16.4. The Labute approximate surface area is 109 Å². The molecule has 2 aromatic rings. The summed E-state index contributed by atoms with van der Waals surface area (Å²) in [5.41, 5.74) is 0.0679. The minimum Gasteiger partial charge on any atom is -0.497 e. The van der Waals surface area contributed by atoms with Crippen molar-refractivity contribution in [3.63, 3.8) is 0 Å². The van der Waals surface area contributed by atoms with E-state index in [4.69, 9.17) is 9.84 Å². The number of methoxy groups -OCH3 is 1. The molecule has 5 heteroatoms. The number of pyridine rings is 1. The van der Waals surface area contributed by atoms with Crippen molar-refractivity contribution >= 4 is 17.7 Å². The molecule has 0 radical (unpaired) electrons. The Morgan fingerprint density at radius 2 is 2.00 bits per heavy atom. The number of nitrogens with zero attached hydrogens (tertiary/aromatic N) is 1. The number of hydrogen-bond acceptors (Lipinski definition) is 4. The van der Waals surface area contributed by atoms with Crippen molar-refractivity contribution in [1.29, 1.82) is 0 Å². The molecule has 0 fully saturated rings. The highest BCUT2D eigenvalue weighted by Gasteiger charge is 2.11. The highest BCUT2D eigenvalue weighted by molar-refractivity contribution is 7.99. The van der Waals surface area contributed by atoms with Crippen LogP contribution in [-0.2, 0) is 0 Å². The number of carboxylic acids is 1. The van der Waals surface area contributed by atoms with E-state index >= 15 is 0 Å². The van der Waals surface area contributed by atoms with Gasteiger partial charge in [0.2, 0.25) is 0 Å². The van der Waals surface area contributed by atoms with Crippen LogP contribution in [-0.4, -0.2) is 23.2 Å². The van der Waals surface area contributed by atoms with Crippen LogP contribution in [0.4, 0.5) is 0 Å². The number of aromatic carboxylic acids is 1. The molecule has 1 aromatic carbocycles. The molecule has 1 N–H and O–H groups in total. The van der Waals surface area contributed by atoms with E-state index < -0.39 is 5.97 Å². The lowest BCUT2D eigenvalue weighted by molar-refractivity contribution is 0.0686. The van der Waals surface area contributed by atoms with Crippen LogP contribution >= 0.6 is 11.8 Å². The minimum atomic E-state index is -1.02. The molecule has 0 spiro atoms. The predicted octanol–water partition coefficient (Wildman–Crippen LogP) is 2.94. The average Bonchev–Trinajstić information content (AvgIpc) is 2.40. The highest BCUT2D eigenvalue weighted by atomic mass is 32.2. The van der Waals surface area contributed by atoms with Crippen LogP contribution in [0.5, 0.6) is 5.75 Å². The van der Waals surface area contributed by atoms with Gasteiger partial charge in [0.15, 0.2) is 5.69 Å². The number of hydrogen-bond donors (Lipinski definition) is 1. The fourth-order valence-electron chi connectivity index (χ4n) is 1.40. The molecule has 18 heavy (non-hydrogen) atoms. The van der Waals surface area contributed by atoms with Crippen molar-refractivity contribution in [3.8, 4) is 5.75 Å². The van der Waals surface area contributed by atoms with Gasteiger partial charge in [-0.3, -0.25) is 0 Å². The molecule has 1 aromatic heterocycles. The zero-order valence-electron chi connectivity index (χ0n) is 9.66. The molecule has 4 nitrogen and oxygen atoms in total. The number of carbonyl (C=O) groups is 1. The van der Waals surface area contributed by atoms with Crippen molar-refractivity contribution in [2.75, 3.05) is 7.11 Å². The SMILES string of the molecule is COc1ccc(Sc2cccnc2C(=O)O)cc1. The molecule has 0 amide bonds. The highest BCUT2D eigenvalue weighted by Crippen LogP contribution is 2.30. The van der Waals surface area contributed by atoms with Crippen LogP contribution in [0.1, 0.15) is 10.5 Å². The first kappa shape index (κ1) is 12.4. The van der Waals surface area contributed by atoms with E-state index in [2.05, 4.69) is 4.98 Å². The Morgan fingerprint density at radius 1 is 1.28 bits per heavy atom. The molecule has 0 aliphatic rings. The molecule has 0 bridgehead atoms. The summed E-state index contributed by atoms with van der Waals surface area (Å²) >= 11 is 1.36. The van der Waals surface area contributed by atoms with Crippen molar-refractivity contribution in [1.82, 2.24) is 4.98 Å². The number of carboxylic acid groups (broad SMARTS) is 1. The molecule has 0 unspecified atom stereocenters. The lowest BCUT2D eigenvalue weighted by Gasteiger charge is -2.05. The Bertz CT molecular complexity index is 554. The van der Waals surface area contributed by atoms with E-state index in [9.17, 15) is 4.79 Å². The van der Waals surface area contributed by atoms with Gasteiger partial charge in [0, 0.05) is 16.0 Å². The van der Waals surface area contributed by atoms with Crippen LogP contribution in [0, 0.1) is 0 Å². The van der Waals surface area contributed by atoms with Crippen LogP contribution in [0.3, 0.4) is 0 Å². The van der Waals surface area contributed by atoms with E-state index in [-0.39, 0.29) is 5.69 Å². The number of ether oxygens (including phenoxy) is 1. The maximum atomic E-state index is 11.0. The van der Waals surface area contributed by atoms with Gasteiger partial charge < -0.3 is 9.84 Å². The van der Waals surface area contributed by atoms with E-state index in [1.165, 1.54) is 18.0 Å². The van der Waals surface area contributed by atoms with Crippen LogP contribution in [0.2, 0.25) is 0 Å². The lowest BCUT2D eigenvalue weighted by atomic mass is 10.3. The minimum absolute atomic E-state index is 0.0679. The molecule has 1 heterocycles. The quantitative estimate of drug-likeness (QED) is 0.917. The van der Waals surface area contributed by atoms with Gasteiger partial charge in [-0.2, -0.15) is 0 Å². The largest absolute Gasteiger partial charge is 0.497 e. The Morgan fingerprint density at radius 3 is 2.61 bits per heavy atom. The second-order valence-corrected chi connectivity index (χ2v) is 4.55. The van der Waals surface area contributed by atoms with Gasteiger partial charge in [-0.1, -0.05) is 11.8 Å². The molecule has 0 aliphatic carbocycles. The van der Waals surface area contributed by atoms with Crippen molar-refractivity contribution in [3.05, 3.63) is 48.3 Å². The maximum absolute atomic E-state index is 11.0. The normalized spacial score (nSPS) is 10.1. The third-order valence-electron chi connectivity index (χ3n) is 2.26. The first-order chi connectivity index (χ1) is 8.70. The molecule has 0 saturated heterocycles. The van der Waals surface area contributed by atoms with Crippen LogP contribution < -0.4 is 4.74 Å². The molecule has 0 saturated carbocycles. The second-order valence-electron chi connectivity index (χ2n) is 3.43. The number of benzene rings is 1. The van der Waals surface area contributed by atoms with Gasteiger partial charge in [-0.25, -0.2) is 9.78 Å². The van der Waals surface area contributed by atoms with Gasteiger partial charge in [0.05, 0.1) is 7.11 Å². The molecule has 92 valence electrons. The maximum Gasteiger partial charge on any atom is 0.355 e. The Balaban J connectivity index is 2.25. The fourth-order valence-corrected chi connectivity index (χ4v) is 2.31. The zero-order chi connectivity index (χ0) is 13.0. The summed E-state index contributed by atoms with van der Waals surface area (Å²) in [6, 6.07) is 10.9. The second kappa shape index (κ2) is 5.55. The van der Waals surface area contributed by atoms with Gasteiger partial charge >= 0.3 is 5.97 Å². The van der Waals surface area contributed by atoms with Gasteiger partial charge in [-0.05, 0) is 36.4 Å². The summed E-state index contributed by atoms with van der Waals surface area (Å²) in [5.74, 6) is -0.254. The zero-order valence-corrected chi connectivity index (χ0v) is 10.5. The summed E-state index contributed by atoms with van der Waals surface area (Å²) in [6.45, 7) is 0. The van der Waals surface area contributed by atoms with Gasteiger partial charge in [0.1, 0.15) is 5.75 Å². The van der Waals surface area contributed by atoms with Gasteiger partial charge in [-0.15, -0.1) is 0 Å². The Hall–Kier alpha value is -2.01. The number of aromatic nitrogens is 1. The summed E-state index contributed by atoms with van der Waals surface area (Å²) in [5, 5.41) is 9.03. The first-order valence-corrected chi connectivity index (χ1v) is 6.02. The first-order valence-electron chi connectivity index (χ1n) is 5.21. The third-order valence-corrected chi connectivity index (χ3v) is 3.32. The Kier molecular flexibility index (Phi) is 3.84. The summed E-state index contributed by atoms with van der Waals surface area (Å²) in [7, 11) is 1.60. The third kappa shape index (κ3) is 2.81. The molecule has 0 aliphatic heterocycles. The molecule has 0 atom stereocenters. The standard InChI is InChI=1S/C13H11NO3S/c1-17-9-4-6-10(7-5-9)18-11-3-2-8-14-12(11)13(15)16/h2-8H,1H3,(H,15,16).